The maximum Gasteiger partial charge on any atom is 0.354 e. The normalized spacial score (nSPS) is 10.5. The van der Waals surface area contributed by atoms with Gasteiger partial charge in [0.15, 0.2) is 0 Å². The molecule has 0 saturated heterocycles. The standard InChI is InChI=1S/C12H11FN2O2/c1-15-11(12(16)17)7-10(14-15)6-8-2-4-9(13)5-3-8/h2-5,7H,6H2,1H3,(H,16,17). The number of hydrogen-bond acceptors (Lipinski definition) is 2. The van der Waals surface area contributed by atoms with Crippen LogP contribution in [0.1, 0.15) is 21.7 Å². The smallest absolute Gasteiger partial charge is 0.354 e. The molecule has 4 nitrogen and oxygen atoms in total. The molecule has 5 heteroatoms. The first-order valence-electron chi connectivity index (χ1n) is 5.07. The molecule has 0 amide bonds. The van der Waals surface area contributed by atoms with Crippen LogP contribution in [0, 0.1) is 5.82 Å². The predicted molar refractivity (Wildman–Crippen MR) is 59.4 cm³/mol. The van der Waals surface area contributed by atoms with Crippen molar-refractivity contribution >= 4 is 5.97 Å². The van der Waals surface area contributed by atoms with Gasteiger partial charge in [0.25, 0.3) is 0 Å². The van der Waals surface area contributed by atoms with Crippen LogP contribution in [0.25, 0.3) is 0 Å². The zero-order valence-electron chi connectivity index (χ0n) is 9.22. The molecule has 0 spiro atoms. The number of carboxylic acid groups (broad SMARTS) is 1. The molecule has 0 atom stereocenters. The van der Waals surface area contributed by atoms with Crippen molar-refractivity contribution in [3.63, 3.8) is 0 Å². The van der Waals surface area contributed by atoms with Gasteiger partial charge in [-0.15, -0.1) is 0 Å². The van der Waals surface area contributed by atoms with Crippen molar-refractivity contribution in [2.75, 3.05) is 0 Å². The maximum atomic E-state index is 12.7. The molecule has 0 saturated carbocycles. The third kappa shape index (κ3) is 2.50. The molecule has 2 rings (SSSR count). The Balaban J connectivity index is 2.22. The lowest BCUT2D eigenvalue weighted by atomic mass is 10.1. The van der Waals surface area contributed by atoms with Crippen LogP contribution in [-0.2, 0) is 13.5 Å². The molecule has 0 aliphatic carbocycles. The fraction of sp³-hybridized carbons (Fsp3) is 0.167. The van der Waals surface area contributed by atoms with Crippen LogP contribution in [0.2, 0.25) is 0 Å². The molecule has 0 radical (unpaired) electrons. The van der Waals surface area contributed by atoms with Gasteiger partial charge in [0.1, 0.15) is 11.5 Å². The minimum atomic E-state index is -1.01. The molecule has 1 heterocycles. The molecular formula is C12H11FN2O2. The summed E-state index contributed by atoms with van der Waals surface area (Å²) in [6.07, 6.45) is 0.487. The molecular weight excluding hydrogens is 223 g/mol. The third-order valence-electron chi connectivity index (χ3n) is 2.45. The number of hydrogen-bond donors (Lipinski definition) is 1. The highest BCUT2D eigenvalue weighted by atomic mass is 19.1. The fourth-order valence-electron chi connectivity index (χ4n) is 1.62. The molecule has 0 aliphatic heterocycles. The Morgan fingerprint density at radius 1 is 1.41 bits per heavy atom. The fourth-order valence-corrected chi connectivity index (χ4v) is 1.62. The van der Waals surface area contributed by atoms with Gasteiger partial charge in [-0.25, -0.2) is 9.18 Å². The number of aryl methyl sites for hydroxylation is 1. The summed E-state index contributed by atoms with van der Waals surface area (Å²) in [5.41, 5.74) is 1.68. The minimum absolute atomic E-state index is 0.141. The maximum absolute atomic E-state index is 12.7. The molecule has 0 fully saturated rings. The van der Waals surface area contributed by atoms with Crippen LogP contribution < -0.4 is 0 Å². The van der Waals surface area contributed by atoms with Crippen LogP contribution in [0.4, 0.5) is 4.39 Å². The van der Waals surface area contributed by atoms with Crippen molar-refractivity contribution in [2.24, 2.45) is 7.05 Å². The predicted octanol–water partition coefficient (Wildman–Crippen LogP) is 1.85. The van der Waals surface area contributed by atoms with Crippen molar-refractivity contribution in [2.45, 2.75) is 6.42 Å². The number of carboxylic acids is 1. The van der Waals surface area contributed by atoms with Gasteiger partial charge in [-0.1, -0.05) is 12.1 Å². The lowest BCUT2D eigenvalue weighted by molar-refractivity contribution is 0.0685. The number of nitrogens with zero attached hydrogens (tertiary/aromatic N) is 2. The zero-order valence-corrected chi connectivity index (χ0v) is 9.22. The van der Waals surface area contributed by atoms with E-state index in [0.717, 1.165) is 5.56 Å². The molecule has 88 valence electrons. The first-order chi connectivity index (χ1) is 8.06. The van der Waals surface area contributed by atoms with Crippen molar-refractivity contribution in [1.29, 1.82) is 0 Å². The zero-order chi connectivity index (χ0) is 12.4. The molecule has 0 unspecified atom stereocenters. The first-order valence-corrected chi connectivity index (χ1v) is 5.07. The Morgan fingerprint density at radius 3 is 2.59 bits per heavy atom. The largest absolute Gasteiger partial charge is 0.477 e. The van der Waals surface area contributed by atoms with Crippen molar-refractivity contribution in [1.82, 2.24) is 9.78 Å². The molecule has 1 aromatic heterocycles. The van der Waals surface area contributed by atoms with E-state index < -0.39 is 5.97 Å². The van der Waals surface area contributed by atoms with E-state index in [1.165, 1.54) is 22.9 Å². The molecule has 17 heavy (non-hydrogen) atoms. The summed E-state index contributed by atoms with van der Waals surface area (Å²) in [4.78, 5) is 10.8. The summed E-state index contributed by atoms with van der Waals surface area (Å²) >= 11 is 0. The monoisotopic (exact) mass is 234 g/mol. The number of aromatic nitrogens is 2. The van der Waals surface area contributed by atoms with E-state index >= 15 is 0 Å². The highest BCUT2D eigenvalue weighted by Crippen LogP contribution is 2.10. The quantitative estimate of drug-likeness (QED) is 0.881. The molecule has 0 aliphatic rings. The lowest BCUT2D eigenvalue weighted by Gasteiger charge is -1.97. The van der Waals surface area contributed by atoms with Gasteiger partial charge >= 0.3 is 5.97 Å². The highest BCUT2D eigenvalue weighted by molar-refractivity contribution is 5.85. The Bertz CT molecular complexity index is 546. The molecule has 2 aromatic rings. The third-order valence-corrected chi connectivity index (χ3v) is 2.45. The van der Waals surface area contributed by atoms with Crippen LogP contribution in [-0.4, -0.2) is 20.9 Å². The average molecular weight is 234 g/mol. The number of benzene rings is 1. The Kier molecular flexibility index (Phi) is 2.91. The van der Waals surface area contributed by atoms with Crippen molar-refractivity contribution < 1.29 is 14.3 Å². The Labute approximate surface area is 97.3 Å². The summed E-state index contributed by atoms with van der Waals surface area (Å²) in [6.45, 7) is 0. The van der Waals surface area contributed by atoms with E-state index in [1.807, 2.05) is 0 Å². The average Bonchev–Trinajstić information content (AvgIpc) is 2.63. The van der Waals surface area contributed by atoms with Crippen LogP contribution in [0.5, 0.6) is 0 Å². The Hall–Kier alpha value is -2.17. The van der Waals surface area contributed by atoms with Crippen LogP contribution >= 0.6 is 0 Å². The van der Waals surface area contributed by atoms with E-state index in [-0.39, 0.29) is 11.5 Å². The highest BCUT2D eigenvalue weighted by Gasteiger charge is 2.11. The topological polar surface area (TPSA) is 55.1 Å². The number of rotatable bonds is 3. The minimum Gasteiger partial charge on any atom is -0.477 e. The van der Waals surface area contributed by atoms with E-state index in [9.17, 15) is 9.18 Å². The number of halogens is 1. The van der Waals surface area contributed by atoms with Gasteiger partial charge in [0.2, 0.25) is 0 Å². The van der Waals surface area contributed by atoms with E-state index in [0.29, 0.717) is 12.1 Å². The SMILES string of the molecule is Cn1nc(Cc2ccc(F)cc2)cc1C(=O)O. The van der Waals surface area contributed by atoms with Crippen LogP contribution in [0.3, 0.4) is 0 Å². The van der Waals surface area contributed by atoms with Crippen molar-refractivity contribution in [3.8, 4) is 0 Å². The van der Waals surface area contributed by atoms with E-state index in [1.54, 1.807) is 19.2 Å². The summed E-state index contributed by atoms with van der Waals surface area (Å²) in [5.74, 6) is -1.30. The van der Waals surface area contributed by atoms with Gasteiger partial charge in [0, 0.05) is 13.5 Å². The Morgan fingerprint density at radius 2 is 2.06 bits per heavy atom. The van der Waals surface area contributed by atoms with Gasteiger partial charge < -0.3 is 5.11 Å². The molecule has 0 bridgehead atoms. The van der Waals surface area contributed by atoms with Crippen LogP contribution in [0.15, 0.2) is 30.3 Å². The first kappa shape index (κ1) is 11.3. The summed E-state index contributed by atoms with van der Waals surface area (Å²) < 4.78 is 14.0. The second-order valence-corrected chi connectivity index (χ2v) is 3.75. The summed E-state index contributed by atoms with van der Waals surface area (Å²) in [5, 5.41) is 13.0. The second kappa shape index (κ2) is 4.37. The summed E-state index contributed by atoms with van der Waals surface area (Å²) in [7, 11) is 1.58. The molecule has 1 N–H and O–H groups in total. The van der Waals surface area contributed by atoms with Crippen molar-refractivity contribution in [3.05, 3.63) is 53.1 Å². The molecule has 1 aromatic carbocycles. The lowest BCUT2D eigenvalue weighted by Crippen LogP contribution is -2.04. The van der Waals surface area contributed by atoms with Gasteiger partial charge in [0.05, 0.1) is 5.69 Å². The van der Waals surface area contributed by atoms with E-state index in [2.05, 4.69) is 5.10 Å². The summed E-state index contributed by atoms with van der Waals surface area (Å²) in [6, 6.07) is 7.58. The second-order valence-electron chi connectivity index (χ2n) is 3.75. The van der Waals surface area contributed by atoms with E-state index in [4.69, 9.17) is 5.11 Å². The van der Waals surface area contributed by atoms with Gasteiger partial charge in [-0.05, 0) is 23.8 Å². The van der Waals surface area contributed by atoms with Gasteiger partial charge in [-0.3, -0.25) is 4.68 Å². The number of aromatic carboxylic acids is 1. The number of carbonyl (C=O) groups is 1. The van der Waals surface area contributed by atoms with Gasteiger partial charge in [-0.2, -0.15) is 5.10 Å².